The highest BCUT2D eigenvalue weighted by molar-refractivity contribution is 7.99. The quantitative estimate of drug-likeness (QED) is 0.360. The van der Waals surface area contributed by atoms with Crippen LogP contribution in [-0.4, -0.2) is 39.4 Å². The number of amides is 2. The number of aryl methyl sites for hydroxylation is 1. The molecule has 1 aromatic heterocycles. The fraction of sp³-hybridized carbons (Fsp3) is 0.217. The van der Waals surface area contributed by atoms with Crippen LogP contribution < -0.4 is 15.4 Å². The van der Waals surface area contributed by atoms with Crippen LogP contribution in [0.2, 0.25) is 0 Å². The normalized spacial score (nSPS) is 10.4. The smallest absolute Gasteiger partial charge is 0.234 e. The third-order valence-corrected chi connectivity index (χ3v) is 5.41. The zero-order chi connectivity index (χ0) is 22.9. The highest BCUT2D eigenvalue weighted by Gasteiger charge is 2.17. The Morgan fingerprint density at radius 1 is 1.12 bits per heavy atom. The van der Waals surface area contributed by atoms with Crippen molar-refractivity contribution in [1.82, 2.24) is 14.8 Å². The molecule has 0 aliphatic rings. The first-order chi connectivity index (χ1) is 15.5. The minimum atomic E-state index is -0.249. The summed E-state index contributed by atoms with van der Waals surface area (Å²) in [5, 5.41) is 14.6. The second-order valence-electron chi connectivity index (χ2n) is 6.93. The molecule has 166 valence electrons. The molecule has 9 heteroatoms. The second kappa shape index (κ2) is 11.1. The Morgan fingerprint density at radius 3 is 2.69 bits per heavy atom. The van der Waals surface area contributed by atoms with E-state index in [2.05, 4.69) is 27.4 Å². The van der Waals surface area contributed by atoms with Crippen molar-refractivity contribution < 1.29 is 14.3 Å². The summed E-state index contributed by atoms with van der Waals surface area (Å²) < 4.78 is 7.04. The van der Waals surface area contributed by atoms with Crippen LogP contribution >= 0.6 is 11.8 Å². The molecular weight excluding hydrogens is 426 g/mol. The van der Waals surface area contributed by atoms with Gasteiger partial charge in [0.05, 0.1) is 25.0 Å². The van der Waals surface area contributed by atoms with Crippen molar-refractivity contribution in [3.63, 3.8) is 0 Å². The van der Waals surface area contributed by atoms with Gasteiger partial charge in [0, 0.05) is 12.2 Å². The average molecular weight is 452 g/mol. The van der Waals surface area contributed by atoms with Crippen molar-refractivity contribution in [2.24, 2.45) is 0 Å². The molecule has 2 aromatic carbocycles. The highest BCUT2D eigenvalue weighted by atomic mass is 32.2. The van der Waals surface area contributed by atoms with E-state index in [1.165, 1.54) is 11.8 Å². The summed E-state index contributed by atoms with van der Waals surface area (Å²) in [5.41, 5.74) is 2.39. The number of hydrogen-bond donors (Lipinski definition) is 2. The van der Waals surface area contributed by atoms with Crippen LogP contribution in [0.1, 0.15) is 11.4 Å². The number of thioether (sulfide) groups is 1. The van der Waals surface area contributed by atoms with Crippen LogP contribution in [0.3, 0.4) is 0 Å². The standard InChI is InChI=1S/C23H25N5O3S/c1-4-12-28-20(14-21(29)25-18-10-5-6-11-19(18)31-3)26-27-23(28)32-15-22(30)24-17-9-7-8-16(2)13-17/h4-11,13H,1,12,14-15H2,2-3H3,(H,24,30)(H,25,29). The zero-order valence-corrected chi connectivity index (χ0v) is 18.8. The Balaban J connectivity index is 1.63. The number of methoxy groups -OCH3 is 1. The minimum Gasteiger partial charge on any atom is -0.495 e. The lowest BCUT2D eigenvalue weighted by Crippen LogP contribution is -2.18. The van der Waals surface area contributed by atoms with E-state index in [0.717, 1.165) is 11.3 Å². The lowest BCUT2D eigenvalue weighted by atomic mass is 10.2. The first-order valence-corrected chi connectivity index (χ1v) is 10.9. The second-order valence-corrected chi connectivity index (χ2v) is 7.87. The van der Waals surface area contributed by atoms with Gasteiger partial charge in [0.2, 0.25) is 11.8 Å². The number of ether oxygens (including phenoxy) is 1. The fourth-order valence-electron chi connectivity index (χ4n) is 3.00. The summed E-state index contributed by atoms with van der Waals surface area (Å²) in [7, 11) is 1.55. The van der Waals surface area contributed by atoms with E-state index >= 15 is 0 Å². The first-order valence-electron chi connectivity index (χ1n) is 9.95. The summed E-state index contributed by atoms with van der Waals surface area (Å²) in [4.78, 5) is 24.9. The van der Waals surface area contributed by atoms with Gasteiger partial charge in [0.1, 0.15) is 11.6 Å². The number of nitrogens with zero attached hydrogens (tertiary/aromatic N) is 3. The van der Waals surface area contributed by atoms with E-state index in [1.807, 2.05) is 43.3 Å². The summed E-state index contributed by atoms with van der Waals surface area (Å²) in [5.74, 6) is 0.824. The molecule has 2 amide bonds. The van der Waals surface area contributed by atoms with Gasteiger partial charge in [0.15, 0.2) is 5.16 Å². The number of carbonyl (C=O) groups excluding carboxylic acids is 2. The highest BCUT2D eigenvalue weighted by Crippen LogP contribution is 2.23. The predicted octanol–water partition coefficient (Wildman–Crippen LogP) is 3.69. The Hall–Kier alpha value is -3.59. The van der Waals surface area contributed by atoms with Gasteiger partial charge in [-0.15, -0.1) is 16.8 Å². The van der Waals surface area contributed by atoms with Gasteiger partial charge in [-0.3, -0.25) is 9.59 Å². The van der Waals surface area contributed by atoms with Gasteiger partial charge in [-0.2, -0.15) is 0 Å². The largest absolute Gasteiger partial charge is 0.495 e. The molecular formula is C23H25N5O3S. The van der Waals surface area contributed by atoms with Gasteiger partial charge in [-0.1, -0.05) is 42.1 Å². The van der Waals surface area contributed by atoms with E-state index in [1.54, 1.807) is 29.9 Å². The summed E-state index contributed by atoms with van der Waals surface area (Å²) in [6.45, 7) is 6.15. The molecule has 3 rings (SSSR count). The van der Waals surface area contributed by atoms with Crippen molar-refractivity contribution in [2.45, 2.75) is 25.0 Å². The number of benzene rings is 2. The molecule has 8 nitrogen and oxygen atoms in total. The van der Waals surface area contributed by atoms with E-state index in [9.17, 15) is 9.59 Å². The van der Waals surface area contributed by atoms with Gasteiger partial charge in [-0.25, -0.2) is 0 Å². The molecule has 0 spiro atoms. The average Bonchev–Trinajstić information content (AvgIpc) is 3.14. The molecule has 0 fully saturated rings. The van der Waals surface area contributed by atoms with Crippen LogP contribution in [0, 0.1) is 6.92 Å². The number of carbonyl (C=O) groups is 2. The maximum absolute atomic E-state index is 12.6. The van der Waals surface area contributed by atoms with Crippen LogP contribution in [0.15, 0.2) is 66.3 Å². The monoisotopic (exact) mass is 451 g/mol. The Morgan fingerprint density at radius 2 is 1.94 bits per heavy atom. The zero-order valence-electron chi connectivity index (χ0n) is 18.0. The molecule has 0 saturated carbocycles. The molecule has 0 unspecified atom stereocenters. The van der Waals surface area contributed by atoms with E-state index < -0.39 is 0 Å². The van der Waals surface area contributed by atoms with Crippen molar-refractivity contribution in [1.29, 1.82) is 0 Å². The number of aromatic nitrogens is 3. The van der Waals surface area contributed by atoms with Crippen molar-refractivity contribution >= 4 is 35.0 Å². The van der Waals surface area contributed by atoms with Gasteiger partial charge in [-0.05, 0) is 36.8 Å². The van der Waals surface area contributed by atoms with Crippen molar-refractivity contribution in [3.8, 4) is 5.75 Å². The minimum absolute atomic E-state index is 0.0228. The van der Waals surface area contributed by atoms with Gasteiger partial charge < -0.3 is 19.9 Å². The lowest BCUT2D eigenvalue weighted by Gasteiger charge is -2.11. The number of allylic oxidation sites excluding steroid dienone is 1. The predicted molar refractivity (Wildman–Crippen MR) is 126 cm³/mol. The fourth-order valence-corrected chi connectivity index (χ4v) is 3.77. The maximum Gasteiger partial charge on any atom is 0.234 e. The number of nitrogens with one attached hydrogen (secondary N) is 2. The lowest BCUT2D eigenvalue weighted by molar-refractivity contribution is -0.116. The molecule has 1 heterocycles. The van der Waals surface area contributed by atoms with Crippen LogP contribution in [0.4, 0.5) is 11.4 Å². The molecule has 32 heavy (non-hydrogen) atoms. The molecule has 0 aliphatic carbocycles. The third kappa shape index (κ3) is 6.21. The Labute approximate surface area is 191 Å². The SMILES string of the molecule is C=CCn1c(CC(=O)Nc2ccccc2OC)nnc1SCC(=O)Nc1cccc(C)c1. The van der Waals surface area contributed by atoms with E-state index in [4.69, 9.17) is 4.74 Å². The Kier molecular flexibility index (Phi) is 8.04. The topological polar surface area (TPSA) is 98.1 Å². The van der Waals surface area contributed by atoms with Crippen LogP contribution in [0.5, 0.6) is 5.75 Å². The summed E-state index contributed by atoms with van der Waals surface area (Å²) >= 11 is 1.25. The van der Waals surface area contributed by atoms with E-state index in [-0.39, 0.29) is 24.0 Å². The van der Waals surface area contributed by atoms with Crippen molar-refractivity contribution in [2.75, 3.05) is 23.5 Å². The van der Waals surface area contributed by atoms with Gasteiger partial charge >= 0.3 is 0 Å². The van der Waals surface area contributed by atoms with E-state index in [0.29, 0.717) is 29.0 Å². The molecule has 0 radical (unpaired) electrons. The summed E-state index contributed by atoms with van der Waals surface area (Å²) in [6.07, 6.45) is 1.72. The molecule has 0 aliphatic heterocycles. The molecule has 0 atom stereocenters. The maximum atomic E-state index is 12.6. The van der Waals surface area contributed by atoms with Crippen molar-refractivity contribution in [3.05, 3.63) is 72.6 Å². The van der Waals surface area contributed by atoms with Crippen LogP contribution in [0.25, 0.3) is 0 Å². The number of hydrogen-bond acceptors (Lipinski definition) is 6. The molecule has 0 bridgehead atoms. The van der Waals surface area contributed by atoms with Gasteiger partial charge in [0.25, 0.3) is 0 Å². The molecule has 3 aromatic rings. The Bertz CT molecular complexity index is 1110. The third-order valence-electron chi connectivity index (χ3n) is 4.44. The first kappa shape index (κ1) is 23.1. The number of rotatable bonds is 10. The molecule has 2 N–H and O–H groups in total. The number of anilines is 2. The molecule has 0 saturated heterocycles. The van der Waals surface area contributed by atoms with Crippen LogP contribution in [-0.2, 0) is 22.6 Å². The summed E-state index contributed by atoms with van der Waals surface area (Å²) in [6, 6.07) is 14.8. The number of para-hydroxylation sites is 2.